The molecule has 0 aliphatic carbocycles. The maximum absolute atomic E-state index is 12.4. The zero-order valence-corrected chi connectivity index (χ0v) is 13.9. The molecule has 0 fully saturated rings. The molecule has 6 nitrogen and oxygen atoms in total. The summed E-state index contributed by atoms with van der Waals surface area (Å²) in [6, 6.07) is 10.7. The molecule has 2 aromatic rings. The van der Waals surface area contributed by atoms with Gasteiger partial charge in [-0.15, -0.1) is 0 Å². The van der Waals surface area contributed by atoms with Crippen LogP contribution in [0.1, 0.15) is 24.2 Å². The van der Waals surface area contributed by atoms with E-state index in [9.17, 15) is 14.9 Å². The third-order valence-corrected chi connectivity index (χ3v) is 3.48. The number of nitrogens with zero attached hydrogens (tertiary/aromatic N) is 1. The molecular weight excluding hydrogens is 334 g/mol. The maximum Gasteiger partial charge on any atom is 0.312 e. The zero-order valence-electron chi connectivity index (χ0n) is 13.2. The standard InChI is InChI=1S/C17H16ClNO5/c1-3-23-14-7-4-12(5-8-14)17(20)11(2)24-16-9-6-13(18)10-15(16)19(21)22/h4-11H,3H2,1-2H3/t11-/m0/s1. The molecule has 0 saturated carbocycles. The Kier molecular flexibility index (Phi) is 5.76. The Labute approximate surface area is 144 Å². The van der Waals surface area contributed by atoms with Crippen molar-refractivity contribution in [3.8, 4) is 11.5 Å². The number of halogens is 1. The van der Waals surface area contributed by atoms with Crippen LogP contribution in [-0.4, -0.2) is 23.4 Å². The highest BCUT2D eigenvalue weighted by atomic mass is 35.5. The van der Waals surface area contributed by atoms with Crippen LogP contribution in [0.2, 0.25) is 5.02 Å². The Morgan fingerprint density at radius 1 is 1.25 bits per heavy atom. The van der Waals surface area contributed by atoms with Crippen molar-refractivity contribution < 1.29 is 19.2 Å². The predicted molar refractivity (Wildman–Crippen MR) is 90.1 cm³/mol. The van der Waals surface area contributed by atoms with Crippen LogP contribution in [0.15, 0.2) is 42.5 Å². The minimum atomic E-state index is -0.886. The second kappa shape index (κ2) is 7.79. The van der Waals surface area contributed by atoms with E-state index in [4.69, 9.17) is 21.1 Å². The molecule has 0 N–H and O–H groups in total. The van der Waals surface area contributed by atoms with Crippen LogP contribution in [0.3, 0.4) is 0 Å². The zero-order chi connectivity index (χ0) is 17.7. The summed E-state index contributed by atoms with van der Waals surface area (Å²) in [5, 5.41) is 11.3. The van der Waals surface area contributed by atoms with Crippen molar-refractivity contribution in [3.05, 3.63) is 63.2 Å². The van der Waals surface area contributed by atoms with Crippen molar-refractivity contribution in [2.24, 2.45) is 0 Å². The fraction of sp³-hybridized carbons (Fsp3) is 0.235. The van der Waals surface area contributed by atoms with Crippen LogP contribution in [-0.2, 0) is 0 Å². The Bertz CT molecular complexity index is 745. The first kappa shape index (κ1) is 17.7. The van der Waals surface area contributed by atoms with E-state index in [1.54, 1.807) is 24.3 Å². The van der Waals surface area contributed by atoms with Crippen LogP contribution < -0.4 is 9.47 Å². The largest absolute Gasteiger partial charge is 0.494 e. The first-order valence-electron chi connectivity index (χ1n) is 7.30. The molecule has 24 heavy (non-hydrogen) atoms. The lowest BCUT2D eigenvalue weighted by Gasteiger charge is -2.14. The van der Waals surface area contributed by atoms with E-state index in [1.807, 2.05) is 6.92 Å². The van der Waals surface area contributed by atoms with Crippen LogP contribution in [0.4, 0.5) is 5.69 Å². The highest BCUT2D eigenvalue weighted by molar-refractivity contribution is 6.30. The first-order chi connectivity index (χ1) is 11.4. The Hall–Kier alpha value is -2.60. The highest BCUT2D eigenvalue weighted by Crippen LogP contribution is 2.31. The Morgan fingerprint density at radius 3 is 2.50 bits per heavy atom. The SMILES string of the molecule is CCOc1ccc(C(=O)[C@H](C)Oc2ccc(Cl)cc2[N+](=O)[O-])cc1. The molecule has 0 amide bonds. The minimum absolute atomic E-state index is 0.00353. The number of ether oxygens (including phenoxy) is 2. The van der Waals surface area contributed by atoms with Crippen molar-refractivity contribution in [3.63, 3.8) is 0 Å². The summed E-state index contributed by atoms with van der Waals surface area (Å²) < 4.78 is 10.8. The lowest BCUT2D eigenvalue weighted by molar-refractivity contribution is -0.386. The van der Waals surface area contributed by atoms with Crippen LogP contribution in [0, 0.1) is 10.1 Å². The Morgan fingerprint density at radius 2 is 1.92 bits per heavy atom. The van der Waals surface area contributed by atoms with Gasteiger partial charge in [-0.2, -0.15) is 0 Å². The highest BCUT2D eigenvalue weighted by Gasteiger charge is 2.22. The van der Waals surface area contributed by atoms with Crippen LogP contribution >= 0.6 is 11.6 Å². The molecule has 0 unspecified atom stereocenters. The van der Waals surface area contributed by atoms with E-state index < -0.39 is 11.0 Å². The molecule has 0 spiro atoms. The number of nitro groups is 1. The number of carbonyl (C=O) groups is 1. The second-order valence-corrected chi connectivity index (χ2v) is 5.39. The van der Waals surface area contributed by atoms with E-state index >= 15 is 0 Å². The number of Topliss-reactive ketones (excluding diaryl/α,β-unsaturated/α-hetero) is 1. The van der Waals surface area contributed by atoms with Crippen molar-refractivity contribution >= 4 is 23.1 Å². The van der Waals surface area contributed by atoms with Crippen LogP contribution in [0.25, 0.3) is 0 Å². The van der Waals surface area contributed by atoms with Gasteiger partial charge in [0.05, 0.1) is 11.5 Å². The Balaban J connectivity index is 2.16. The molecule has 2 rings (SSSR count). The summed E-state index contributed by atoms with van der Waals surface area (Å²) in [7, 11) is 0. The maximum atomic E-state index is 12.4. The van der Waals surface area contributed by atoms with Gasteiger partial charge in [-0.1, -0.05) is 11.6 Å². The number of rotatable bonds is 7. The van der Waals surface area contributed by atoms with Gasteiger partial charge in [0.2, 0.25) is 5.78 Å². The summed E-state index contributed by atoms with van der Waals surface area (Å²) in [5.41, 5.74) is 0.149. The fourth-order valence-electron chi connectivity index (χ4n) is 2.09. The molecular formula is C17H16ClNO5. The number of hydrogen-bond acceptors (Lipinski definition) is 5. The fourth-order valence-corrected chi connectivity index (χ4v) is 2.26. The van der Waals surface area contributed by atoms with Gasteiger partial charge in [-0.3, -0.25) is 14.9 Å². The van der Waals surface area contributed by atoms with E-state index in [0.717, 1.165) is 0 Å². The van der Waals surface area contributed by atoms with Gasteiger partial charge >= 0.3 is 5.69 Å². The molecule has 1 atom stereocenters. The summed E-state index contributed by atoms with van der Waals surface area (Å²) >= 11 is 5.76. The van der Waals surface area contributed by atoms with Crippen molar-refractivity contribution in [2.75, 3.05) is 6.61 Å². The molecule has 0 saturated heterocycles. The van der Waals surface area contributed by atoms with Gasteiger partial charge in [0.15, 0.2) is 11.9 Å². The molecule has 0 bridgehead atoms. The number of benzene rings is 2. The lowest BCUT2D eigenvalue weighted by Crippen LogP contribution is -2.24. The molecule has 0 heterocycles. The van der Waals surface area contributed by atoms with E-state index in [1.165, 1.54) is 25.1 Å². The quantitative estimate of drug-likeness (QED) is 0.423. The second-order valence-electron chi connectivity index (χ2n) is 4.95. The lowest BCUT2D eigenvalue weighted by atomic mass is 10.1. The first-order valence-corrected chi connectivity index (χ1v) is 7.67. The van der Waals surface area contributed by atoms with Gasteiger partial charge in [-0.05, 0) is 50.2 Å². The van der Waals surface area contributed by atoms with Crippen molar-refractivity contribution in [2.45, 2.75) is 20.0 Å². The molecule has 0 aliphatic heterocycles. The van der Waals surface area contributed by atoms with Gasteiger partial charge in [0.1, 0.15) is 5.75 Å². The van der Waals surface area contributed by atoms with Crippen LogP contribution in [0.5, 0.6) is 11.5 Å². The van der Waals surface area contributed by atoms with E-state index in [0.29, 0.717) is 17.9 Å². The van der Waals surface area contributed by atoms with Crippen molar-refractivity contribution in [1.82, 2.24) is 0 Å². The summed E-state index contributed by atoms with van der Waals surface area (Å²) in [6.07, 6.45) is -0.886. The topological polar surface area (TPSA) is 78.7 Å². The summed E-state index contributed by atoms with van der Waals surface area (Å²) in [4.78, 5) is 22.9. The monoisotopic (exact) mass is 349 g/mol. The van der Waals surface area contributed by atoms with Gasteiger partial charge in [0.25, 0.3) is 0 Å². The van der Waals surface area contributed by atoms with E-state index in [2.05, 4.69) is 0 Å². The number of nitro benzene ring substituents is 1. The minimum Gasteiger partial charge on any atom is -0.494 e. The molecule has 0 aliphatic rings. The third kappa shape index (κ3) is 4.23. The smallest absolute Gasteiger partial charge is 0.312 e. The molecule has 0 radical (unpaired) electrons. The normalized spacial score (nSPS) is 11.6. The van der Waals surface area contributed by atoms with Gasteiger partial charge in [0, 0.05) is 16.7 Å². The molecule has 7 heteroatoms. The molecule has 126 valence electrons. The summed E-state index contributed by atoms with van der Waals surface area (Å²) in [5.74, 6) is 0.370. The number of hydrogen-bond donors (Lipinski definition) is 0. The predicted octanol–water partition coefficient (Wildman–Crippen LogP) is 4.30. The molecule has 2 aromatic carbocycles. The number of carbonyl (C=O) groups excluding carboxylic acids is 1. The summed E-state index contributed by atoms with van der Waals surface area (Å²) in [6.45, 7) is 3.94. The third-order valence-electron chi connectivity index (χ3n) is 3.24. The van der Waals surface area contributed by atoms with Crippen molar-refractivity contribution in [1.29, 1.82) is 0 Å². The van der Waals surface area contributed by atoms with Gasteiger partial charge < -0.3 is 9.47 Å². The van der Waals surface area contributed by atoms with E-state index in [-0.39, 0.29) is 22.2 Å². The van der Waals surface area contributed by atoms with Gasteiger partial charge in [-0.25, -0.2) is 0 Å². The number of ketones is 1. The average Bonchev–Trinajstić information content (AvgIpc) is 2.56. The molecule has 0 aromatic heterocycles. The average molecular weight is 350 g/mol.